The second-order valence-corrected chi connectivity index (χ2v) is 10.1. The maximum absolute atomic E-state index is 12.4. The number of carbonyl (C=O) groups is 1. The summed E-state index contributed by atoms with van der Waals surface area (Å²) in [5.74, 6) is -0.580. The van der Waals surface area contributed by atoms with Crippen molar-refractivity contribution in [2.24, 2.45) is 0 Å². The monoisotopic (exact) mass is 505 g/mol. The number of ether oxygens (including phenoxy) is 2. The van der Waals surface area contributed by atoms with E-state index in [1.54, 1.807) is 18.2 Å². The highest BCUT2D eigenvalue weighted by atomic mass is 19.4. The van der Waals surface area contributed by atoms with Gasteiger partial charge in [0.2, 0.25) is 0 Å². The summed E-state index contributed by atoms with van der Waals surface area (Å²) in [6, 6.07) is 13.8. The number of carbonyl (C=O) groups excluding carboxylic acids is 1. The molecule has 3 aliphatic rings. The van der Waals surface area contributed by atoms with Crippen molar-refractivity contribution in [3.05, 3.63) is 65.2 Å². The van der Waals surface area contributed by atoms with E-state index < -0.39 is 6.36 Å². The third-order valence-corrected chi connectivity index (χ3v) is 7.34. The van der Waals surface area contributed by atoms with Gasteiger partial charge >= 0.3 is 12.3 Å². The molecule has 1 spiro atoms. The lowest BCUT2D eigenvalue weighted by Crippen LogP contribution is -2.77. The lowest BCUT2D eigenvalue weighted by Gasteiger charge is -2.61. The highest BCUT2D eigenvalue weighted by Gasteiger charge is 2.55. The highest BCUT2D eigenvalue weighted by Crippen LogP contribution is 2.40. The molecule has 2 unspecified atom stereocenters. The van der Waals surface area contributed by atoms with Gasteiger partial charge in [0.15, 0.2) is 0 Å². The Morgan fingerprint density at radius 3 is 2.42 bits per heavy atom. The van der Waals surface area contributed by atoms with Crippen LogP contribution in [0.2, 0.25) is 0 Å². The minimum Gasteiger partial charge on any atom is -0.465 e. The van der Waals surface area contributed by atoms with Gasteiger partial charge in [-0.3, -0.25) is 14.7 Å². The van der Waals surface area contributed by atoms with E-state index in [0.29, 0.717) is 25.2 Å². The van der Waals surface area contributed by atoms with Crippen molar-refractivity contribution in [1.82, 2.24) is 14.7 Å². The Hall–Kier alpha value is -2.66. The van der Waals surface area contributed by atoms with Crippen LogP contribution in [0.4, 0.5) is 13.2 Å². The number of hydrogen-bond acceptors (Lipinski definition) is 7. The van der Waals surface area contributed by atoms with Crippen LogP contribution in [0.3, 0.4) is 0 Å². The third kappa shape index (κ3) is 5.36. The number of benzene rings is 2. The number of alkyl halides is 3. The molecule has 10 heteroatoms. The number of halogens is 3. The van der Waals surface area contributed by atoms with E-state index in [1.807, 2.05) is 18.2 Å². The van der Waals surface area contributed by atoms with Crippen LogP contribution in [0.5, 0.6) is 5.75 Å². The second-order valence-electron chi connectivity index (χ2n) is 10.1. The first kappa shape index (κ1) is 25.0. The molecule has 5 rings (SSSR count). The van der Waals surface area contributed by atoms with Crippen LogP contribution >= 0.6 is 0 Å². The number of methoxy groups -OCH3 is 1. The fourth-order valence-electron chi connectivity index (χ4n) is 6.04. The molecule has 194 valence electrons. The van der Waals surface area contributed by atoms with Gasteiger partial charge in [0, 0.05) is 51.9 Å². The van der Waals surface area contributed by atoms with Gasteiger partial charge in [-0.15, -0.1) is 13.2 Å². The number of aliphatic hydroxyl groups excluding tert-OH is 1. The minimum atomic E-state index is -4.70. The topological polar surface area (TPSA) is 65.5 Å². The Morgan fingerprint density at radius 2 is 1.72 bits per heavy atom. The lowest BCUT2D eigenvalue weighted by molar-refractivity contribution is -0.274. The van der Waals surface area contributed by atoms with Gasteiger partial charge < -0.3 is 14.6 Å². The Bertz CT molecular complexity index is 1090. The number of nitrogens with zero attached hydrogens (tertiary/aromatic N) is 3. The number of piperazine rings is 1. The van der Waals surface area contributed by atoms with Gasteiger partial charge in [-0.05, 0) is 41.8 Å². The van der Waals surface area contributed by atoms with Crippen LogP contribution in [0.25, 0.3) is 0 Å². The van der Waals surface area contributed by atoms with Crippen LogP contribution in [0.1, 0.15) is 27.9 Å². The van der Waals surface area contributed by atoms with Gasteiger partial charge in [-0.25, -0.2) is 4.79 Å². The zero-order valence-corrected chi connectivity index (χ0v) is 20.1. The van der Waals surface area contributed by atoms with Crippen LogP contribution in [0, 0.1) is 0 Å². The van der Waals surface area contributed by atoms with Gasteiger partial charge in [0.05, 0.1) is 24.3 Å². The largest absolute Gasteiger partial charge is 0.573 e. The standard InChI is InChI=1S/C26H30F3N3O4/c1-35-24(34)20-4-2-3-19(9-20)12-30-13-21-10-22(33)14-32(21)25(15-30)16-31(17-25)11-18-5-7-23(8-6-18)36-26(27,28)29/h2-9,21-22,33H,10-17H2,1H3. The zero-order chi connectivity index (χ0) is 25.5. The van der Waals surface area contributed by atoms with Gasteiger partial charge in [-0.2, -0.15) is 0 Å². The van der Waals surface area contributed by atoms with Crippen LogP contribution in [-0.2, 0) is 17.8 Å². The Balaban J connectivity index is 1.24. The molecule has 0 amide bonds. The Kier molecular flexibility index (Phi) is 6.71. The number of aliphatic hydroxyl groups is 1. The summed E-state index contributed by atoms with van der Waals surface area (Å²) in [5, 5.41) is 10.4. The molecule has 3 saturated heterocycles. The van der Waals surface area contributed by atoms with Crippen LogP contribution in [0.15, 0.2) is 48.5 Å². The molecule has 3 fully saturated rings. The van der Waals surface area contributed by atoms with Crippen molar-refractivity contribution in [2.75, 3.05) is 39.8 Å². The van der Waals surface area contributed by atoms with E-state index in [-0.39, 0.29) is 29.4 Å². The van der Waals surface area contributed by atoms with E-state index in [2.05, 4.69) is 19.4 Å². The molecule has 1 N–H and O–H groups in total. The number of β-amino-alcohol motifs (C(OH)–C–C–N with tert-alkyl or cyclic N) is 1. The highest BCUT2D eigenvalue weighted by molar-refractivity contribution is 5.89. The molecule has 2 aromatic rings. The number of rotatable bonds is 6. The molecule has 2 aromatic carbocycles. The number of fused-ring (bicyclic) bond motifs is 2. The molecule has 36 heavy (non-hydrogen) atoms. The van der Waals surface area contributed by atoms with E-state index in [1.165, 1.54) is 19.2 Å². The third-order valence-electron chi connectivity index (χ3n) is 7.34. The first-order valence-corrected chi connectivity index (χ1v) is 12.0. The fourth-order valence-corrected chi connectivity index (χ4v) is 6.04. The zero-order valence-electron chi connectivity index (χ0n) is 20.1. The molecule has 0 radical (unpaired) electrons. The van der Waals surface area contributed by atoms with E-state index in [9.17, 15) is 23.1 Å². The number of likely N-dealkylation sites (tertiary alicyclic amines) is 1. The molecule has 0 bridgehead atoms. The quantitative estimate of drug-likeness (QED) is 0.606. The molecule has 0 aliphatic carbocycles. The van der Waals surface area contributed by atoms with E-state index in [0.717, 1.165) is 43.7 Å². The summed E-state index contributed by atoms with van der Waals surface area (Å²) in [6.45, 7) is 5.32. The average molecular weight is 506 g/mol. The Labute approximate surface area is 208 Å². The SMILES string of the molecule is COC(=O)c1cccc(CN2CC3CC(O)CN3C3(C2)CN(Cc2ccc(OC(F)(F)F)cc2)C3)c1. The fraction of sp³-hybridized carbons (Fsp3) is 0.500. The minimum absolute atomic E-state index is 0.0836. The second kappa shape index (κ2) is 9.66. The van der Waals surface area contributed by atoms with Crippen molar-refractivity contribution >= 4 is 5.97 Å². The maximum Gasteiger partial charge on any atom is 0.573 e. The van der Waals surface area contributed by atoms with Crippen molar-refractivity contribution in [1.29, 1.82) is 0 Å². The van der Waals surface area contributed by atoms with Crippen molar-refractivity contribution < 1.29 is 32.5 Å². The molecular weight excluding hydrogens is 475 g/mol. The summed E-state index contributed by atoms with van der Waals surface area (Å²) in [5.41, 5.74) is 2.41. The first-order valence-electron chi connectivity index (χ1n) is 12.0. The molecule has 0 aromatic heterocycles. The average Bonchev–Trinajstić information content (AvgIpc) is 3.18. The van der Waals surface area contributed by atoms with Crippen molar-refractivity contribution in [2.45, 2.75) is 43.6 Å². The molecule has 2 atom stereocenters. The summed E-state index contributed by atoms with van der Waals surface area (Å²) in [4.78, 5) is 19.1. The summed E-state index contributed by atoms with van der Waals surface area (Å²) >= 11 is 0. The van der Waals surface area contributed by atoms with E-state index >= 15 is 0 Å². The smallest absolute Gasteiger partial charge is 0.465 e. The summed E-state index contributed by atoms with van der Waals surface area (Å²) < 4.78 is 46.1. The predicted molar refractivity (Wildman–Crippen MR) is 125 cm³/mol. The Morgan fingerprint density at radius 1 is 1.03 bits per heavy atom. The molecule has 3 aliphatic heterocycles. The van der Waals surface area contributed by atoms with Gasteiger partial charge in [0.25, 0.3) is 0 Å². The summed E-state index contributed by atoms with van der Waals surface area (Å²) in [7, 11) is 1.37. The summed E-state index contributed by atoms with van der Waals surface area (Å²) in [6.07, 6.45) is -4.30. The van der Waals surface area contributed by atoms with Gasteiger partial charge in [-0.1, -0.05) is 24.3 Å². The van der Waals surface area contributed by atoms with Crippen molar-refractivity contribution in [3.8, 4) is 5.75 Å². The van der Waals surface area contributed by atoms with E-state index in [4.69, 9.17) is 4.74 Å². The molecule has 3 heterocycles. The van der Waals surface area contributed by atoms with Crippen molar-refractivity contribution in [3.63, 3.8) is 0 Å². The van der Waals surface area contributed by atoms with Gasteiger partial charge in [0.1, 0.15) is 5.75 Å². The maximum atomic E-state index is 12.4. The molecule has 7 nitrogen and oxygen atoms in total. The normalized spacial score (nSPS) is 24.4. The predicted octanol–water partition coefficient (Wildman–Crippen LogP) is 2.88. The molecule has 0 saturated carbocycles. The van der Waals surface area contributed by atoms with Crippen LogP contribution in [-0.4, -0.2) is 89.7 Å². The molecular formula is C26H30F3N3O4. The van der Waals surface area contributed by atoms with Crippen LogP contribution < -0.4 is 4.74 Å². The lowest BCUT2D eigenvalue weighted by atomic mass is 9.83. The first-order chi connectivity index (χ1) is 17.1. The number of hydrogen-bond donors (Lipinski definition) is 1. The number of esters is 1.